The van der Waals surface area contributed by atoms with Crippen LogP contribution in [0.4, 0.5) is 0 Å². The Morgan fingerprint density at radius 3 is 2.83 bits per heavy atom. The van der Waals surface area contributed by atoms with Crippen LogP contribution in [0.15, 0.2) is 42.5 Å². The van der Waals surface area contributed by atoms with E-state index in [0.29, 0.717) is 12.1 Å². The van der Waals surface area contributed by atoms with Gasteiger partial charge in [0.05, 0.1) is 0 Å². The van der Waals surface area contributed by atoms with E-state index in [9.17, 15) is 0 Å². The molecule has 0 bridgehead atoms. The predicted molar refractivity (Wildman–Crippen MR) is 77.8 cm³/mol. The van der Waals surface area contributed by atoms with Gasteiger partial charge in [-0.3, -0.25) is 4.90 Å². The second-order valence-corrected chi connectivity index (χ2v) is 5.18. The number of rotatable bonds is 4. The van der Waals surface area contributed by atoms with E-state index < -0.39 is 0 Å². The highest BCUT2D eigenvalue weighted by Crippen LogP contribution is 2.13. The van der Waals surface area contributed by atoms with E-state index in [2.05, 4.69) is 66.5 Å². The zero-order valence-electron chi connectivity index (χ0n) is 11.5. The normalized spacial score (nSPS) is 25.7. The van der Waals surface area contributed by atoms with Crippen molar-refractivity contribution in [3.63, 3.8) is 0 Å². The first-order chi connectivity index (χ1) is 8.79. The standard InChI is InChI=1S/C16H24N2/c1-3-4-10-18-13-14(2)17-12-16(18)11-15-8-6-5-7-9-15/h3-9,14,16-17H,10-13H2,1-2H3/b4-3+. The average molecular weight is 244 g/mol. The van der Waals surface area contributed by atoms with Crippen LogP contribution < -0.4 is 5.32 Å². The van der Waals surface area contributed by atoms with Crippen LogP contribution in [0.5, 0.6) is 0 Å². The number of hydrogen-bond acceptors (Lipinski definition) is 2. The number of hydrogen-bond donors (Lipinski definition) is 1. The molecule has 0 aromatic heterocycles. The molecule has 1 saturated heterocycles. The van der Waals surface area contributed by atoms with Gasteiger partial charge in [-0.2, -0.15) is 0 Å². The Kier molecular flexibility index (Phi) is 4.97. The lowest BCUT2D eigenvalue weighted by Gasteiger charge is -2.39. The fourth-order valence-electron chi connectivity index (χ4n) is 2.58. The Morgan fingerprint density at radius 2 is 2.11 bits per heavy atom. The van der Waals surface area contributed by atoms with E-state index in [1.165, 1.54) is 5.56 Å². The highest BCUT2D eigenvalue weighted by Gasteiger charge is 2.24. The third-order valence-corrected chi connectivity index (χ3v) is 3.62. The Morgan fingerprint density at radius 1 is 1.33 bits per heavy atom. The topological polar surface area (TPSA) is 15.3 Å². The summed E-state index contributed by atoms with van der Waals surface area (Å²) in [5.74, 6) is 0. The SMILES string of the molecule is C/C=C/CN1CC(C)NCC1Cc1ccccc1. The van der Waals surface area contributed by atoms with Crippen molar-refractivity contribution in [3.8, 4) is 0 Å². The van der Waals surface area contributed by atoms with Crippen LogP contribution in [0, 0.1) is 0 Å². The van der Waals surface area contributed by atoms with E-state index in [0.717, 1.165) is 26.1 Å². The lowest BCUT2D eigenvalue weighted by molar-refractivity contribution is 0.150. The number of allylic oxidation sites excluding steroid dienone is 1. The number of benzene rings is 1. The molecule has 0 amide bonds. The first-order valence-electron chi connectivity index (χ1n) is 6.92. The lowest BCUT2D eigenvalue weighted by atomic mass is 10.0. The summed E-state index contributed by atoms with van der Waals surface area (Å²) in [5, 5.41) is 3.59. The summed E-state index contributed by atoms with van der Waals surface area (Å²) in [4.78, 5) is 2.59. The molecule has 1 aliphatic rings. The third-order valence-electron chi connectivity index (χ3n) is 3.62. The number of nitrogens with zero attached hydrogens (tertiary/aromatic N) is 1. The Balaban J connectivity index is 1.99. The second-order valence-electron chi connectivity index (χ2n) is 5.18. The molecular weight excluding hydrogens is 220 g/mol. The van der Waals surface area contributed by atoms with Crippen molar-refractivity contribution >= 4 is 0 Å². The molecule has 2 rings (SSSR count). The molecule has 1 aromatic carbocycles. The average Bonchev–Trinajstić information content (AvgIpc) is 2.40. The molecule has 0 radical (unpaired) electrons. The van der Waals surface area contributed by atoms with Crippen LogP contribution >= 0.6 is 0 Å². The van der Waals surface area contributed by atoms with Gasteiger partial charge in [-0.15, -0.1) is 0 Å². The molecule has 98 valence electrons. The van der Waals surface area contributed by atoms with Crippen LogP contribution in [0.2, 0.25) is 0 Å². The van der Waals surface area contributed by atoms with Gasteiger partial charge in [-0.25, -0.2) is 0 Å². The quantitative estimate of drug-likeness (QED) is 0.819. The molecule has 0 saturated carbocycles. The first kappa shape index (κ1) is 13.3. The van der Waals surface area contributed by atoms with Crippen molar-refractivity contribution < 1.29 is 0 Å². The number of nitrogens with one attached hydrogen (secondary N) is 1. The summed E-state index contributed by atoms with van der Waals surface area (Å²) in [7, 11) is 0. The molecular formula is C16H24N2. The van der Waals surface area contributed by atoms with E-state index in [4.69, 9.17) is 0 Å². The fraction of sp³-hybridized carbons (Fsp3) is 0.500. The zero-order valence-corrected chi connectivity index (χ0v) is 11.5. The molecule has 1 aliphatic heterocycles. The summed E-state index contributed by atoms with van der Waals surface area (Å²) >= 11 is 0. The Bertz CT molecular complexity index is 372. The van der Waals surface area contributed by atoms with Gasteiger partial charge in [-0.1, -0.05) is 42.5 Å². The minimum atomic E-state index is 0.599. The molecule has 1 N–H and O–H groups in total. The molecule has 2 atom stereocenters. The summed E-state index contributed by atoms with van der Waals surface area (Å²) in [5.41, 5.74) is 1.43. The van der Waals surface area contributed by atoms with E-state index in [1.54, 1.807) is 0 Å². The van der Waals surface area contributed by atoms with E-state index in [1.807, 2.05) is 0 Å². The monoisotopic (exact) mass is 244 g/mol. The highest BCUT2D eigenvalue weighted by atomic mass is 15.2. The summed E-state index contributed by atoms with van der Waals surface area (Å²) in [6, 6.07) is 12.0. The van der Waals surface area contributed by atoms with Crippen molar-refractivity contribution in [2.75, 3.05) is 19.6 Å². The van der Waals surface area contributed by atoms with Crippen LogP contribution in [0.25, 0.3) is 0 Å². The Hall–Kier alpha value is -1.12. The van der Waals surface area contributed by atoms with Gasteiger partial charge in [-0.05, 0) is 25.8 Å². The lowest BCUT2D eigenvalue weighted by Crippen LogP contribution is -2.56. The molecule has 1 aromatic rings. The molecule has 2 nitrogen and oxygen atoms in total. The first-order valence-corrected chi connectivity index (χ1v) is 6.92. The van der Waals surface area contributed by atoms with E-state index >= 15 is 0 Å². The third kappa shape index (κ3) is 3.69. The maximum atomic E-state index is 3.59. The van der Waals surface area contributed by atoms with Crippen molar-refractivity contribution in [1.82, 2.24) is 10.2 Å². The van der Waals surface area contributed by atoms with Crippen LogP contribution in [-0.2, 0) is 6.42 Å². The molecule has 18 heavy (non-hydrogen) atoms. The molecule has 2 heteroatoms. The van der Waals surface area contributed by atoms with Gasteiger partial charge in [0, 0.05) is 31.7 Å². The summed E-state index contributed by atoms with van der Waals surface area (Å²) in [6.45, 7) is 7.66. The zero-order chi connectivity index (χ0) is 12.8. The van der Waals surface area contributed by atoms with Crippen LogP contribution in [0.1, 0.15) is 19.4 Å². The van der Waals surface area contributed by atoms with Crippen molar-refractivity contribution in [2.24, 2.45) is 0 Å². The molecule has 2 unspecified atom stereocenters. The van der Waals surface area contributed by atoms with Crippen molar-refractivity contribution in [3.05, 3.63) is 48.0 Å². The maximum absolute atomic E-state index is 3.59. The van der Waals surface area contributed by atoms with Gasteiger partial charge < -0.3 is 5.32 Å². The number of piperazine rings is 1. The minimum absolute atomic E-state index is 0.599. The maximum Gasteiger partial charge on any atom is 0.0265 e. The second kappa shape index (κ2) is 6.72. The molecule has 1 fully saturated rings. The van der Waals surface area contributed by atoms with Crippen molar-refractivity contribution in [2.45, 2.75) is 32.4 Å². The molecule has 0 aliphatic carbocycles. The van der Waals surface area contributed by atoms with Crippen LogP contribution in [-0.4, -0.2) is 36.6 Å². The summed E-state index contributed by atoms with van der Waals surface area (Å²) in [6.07, 6.45) is 5.54. The molecule has 0 spiro atoms. The Labute approximate surface area is 111 Å². The summed E-state index contributed by atoms with van der Waals surface area (Å²) < 4.78 is 0. The van der Waals surface area contributed by atoms with Gasteiger partial charge >= 0.3 is 0 Å². The minimum Gasteiger partial charge on any atom is -0.311 e. The van der Waals surface area contributed by atoms with Gasteiger partial charge in [0.15, 0.2) is 0 Å². The van der Waals surface area contributed by atoms with Gasteiger partial charge in [0.2, 0.25) is 0 Å². The smallest absolute Gasteiger partial charge is 0.0265 e. The highest BCUT2D eigenvalue weighted by molar-refractivity contribution is 5.16. The molecule has 1 heterocycles. The largest absolute Gasteiger partial charge is 0.311 e. The van der Waals surface area contributed by atoms with Crippen LogP contribution in [0.3, 0.4) is 0 Å². The predicted octanol–water partition coefficient (Wildman–Crippen LogP) is 2.47. The van der Waals surface area contributed by atoms with Gasteiger partial charge in [0.25, 0.3) is 0 Å². The van der Waals surface area contributed by atoms with E-state index in [-0.39, 0.29) is 0 Å². The fourth-order valence-corrected chi connectivity index (χ4v) is 2.58. The van der Waals surface area contributed by atoms with Crippen molar-refractivity contribution in [1.29, 1.82) is 0 Å². The van der Waals surface area contributed by atoms with Gasteiger partial charge in [0.1, 0.15) is 0 Å².